The van der Waals surface area contributed by atoms with Gasteiger partial charge in [0.15, 0.2) is 0 Å². The lowest BCUT2D eigenvalue weighted by Crippen LogP contribution is -2.46. The molecule has 0 aromatic heterocycles. The molecule has 0 aliphatic heterocycles. The monoisotopic (exact) mass is 676 g/mol. The Hall–Kier alpha value is -3.77. The van der Waals surface area contributed by atoms with Crippen molar-refractivity contribution in [1.29, 1.82) is 0 Å². The van der Waals surface area contributed by atoms with Gasteiger partial charge in [-0.15, -0.1) is 0 Å². The van der Waals surface area contributed by atoms with Gasteiger partial charge in [0.2, 0.25) is 0 Å². The molecule has 2 saturated carbocycles. The molecule has 5 heteroatoms. The molecule has 0 spiro atoms. The Labute approximate surface area is 301 Å². The molecule has 268 valence electrons. The van der Waals surface area contributed by atoms with E-state index < -0.39 is 5.54 Å². The van der Waals surface area contributed by atoms with Crippen LogP contribution in [0.4, 0.5) is 0 Å². The Morgan fingerprint density at radius 3 is 1.44 bits per heavy atom. The maximum absolute atomic E-state index is 11.9. The van der Waals surface area contributed by atoms with Gasteiger partial charge in [-0.3, -0.25) is 4.79 Å². The normalized spacial score (nSPS) is 22.9. The SMILES string of the molecule is COC(=O)[C@@]1(N)CC[C@@H](c2ccc(CCCCc3ccccc3)cc2)C1.N[C@]1(CO)CC[C@@H](c2ccc(CCCCc3ccccc3)cc2)C1.[HH]. The maximum atomic E-state index is 11.9. The van der Waals surface area contributed by atoms with E-state index in [0.29, 0.717) is 24.7 Å². The van der Waals surface area contributed by atoms with E-state index in [0.717, 1.165) is 44.9 Å². The summed E-state index contributed by atoms with van der Waals surface area (Å²) >= 11 is 0. The Morgan fingerprint density at radius 1 is 0.640 bits per heavy atom. The lowest BCUT2D eigenvalue weighted by Gasteiger charge is -2.21. The molecule has 2 aliphatic carbocycles. The van der Waals surface area contributed by atoms with E-state index >= 15 is 0 Å². The molecule has 4 atom stereocenters. The van der Waals surface area contributed by atoms with E-state index in [1.165, 1.54) is 72.6 Å². The molecule has 0 saturated heterocycles. The Balaban J connectivity index is 0.000000225. The number of ether oxygens (including phenoxy) is 1. The quantitative estimate of drug-likeness (QED) is 0.0916. The number of aryl methyl sites for hydroxylation is 4. The number of aliphatic hydroxyl groups is 1. The zero-order valence-corrected chi connectivity index (χ0v) is 30.1. The second kappa shape index (κ2) is 18.5. The molecule has 6 rings (SSSR count). The van der Waals surface area contributed by atoms with Crippen molar-refractivity contribution in [2.45, 2.75) is 113 Å². The minimum Gasteiger partial charge on any atom is -0.468 e. The van der Waals surface area contributed by atoms with Gasteiger partial charge in [-0.2, -0.15) is 0 Å². The van der Waals surface area contributed by atoms with Crippen molar-refractivity contribution in [1.82, 2.24) is 0 Å². The van der Waals surface area contributed by atoms with Gasteiger partial charge in [0.25, 0.3) is 0 Å². The standard InChI is InChI=1S/C23H29NO2.C22H29NO.H2/c1-26-22(25)23(24)16-15-21(17-23)20-13-11-19(12-14-20)10-6-5-9-18-7-3-2-4-8-18;23-22(17-24)15-14-21(16-22)20-12-10-19(11-13-20)9-5-4-8-18-6-2-1-3-7-18;/h2-4,7-8,11-14,21H,5-6,9-10,15-17,24H2,1H3;1-3,6-7,10-13,21,24H,4-5,8-9,14-17,23H2;1H/t21-,23-;21-,22-;/m11./s1. The molecular formula is C45H60N2O3. The van der Waals surface area contributed by atoms with Crippen LogP contribution < -0.4 is 11.5 Å². The van der Waals surface area contributed by atoms with Crippen molar-refractivity contribution in [3.8, 4) is 0 Å². The van der Waals surface area contributed by atoms with Gasteiger partial charge in [0.05, 0.1) is 13.7 Å². The molecular weight excluding hydrogens is 617 g/mol. The summed E-state index contributed by atoms with van der Waals surface area (Å²) in [6.45, 7) is 0.100. The summed E-state index contributed by atoms with van der Waals surface area (Å²) in [4.78, 5) is 11.9. The fraction of sp³-hybridized carbons (Fsp3) is 0.444. The van der Waals surface area contributed by atoms with Crippen LogP contribution >= 0.6 is 0 Å². The number of nitrogens with two attached hydrogens (primary N) is 2. The van der Waals surface area contributed by atoms with Crippen molar-refractivity contribution < 1.29 is 16.1 Å². The van der Waals surface area contributed by atoms with Crippen LogP contribution in [-0.4, -0.2) is 35.9 Å². The molecule has 2 aliphatic rings. The third-order valence-electron chi connectivity index (χ3n) is 11.0. The topological polar surface area (TPSA) is 98.6 Å². The average molecular weight is 677 g/mol. The predicted molar refractivity (Wildman–Crippen MR) is 207 cm³/mol. The first-order valence-corrected chi connectivity index (χ1v) is 18.8. The van der Waals surface area contributed by atoms with Crippen LogP contribution in [0.2, 0.25) is 0 Å². The number of esters is 1. The summed E-state index contributed by atoms with van der Waals surface area (Å²) in [6.07, 6.45) is 14.7. The fourth-order valence-corrected chi connectivity index (χ4v) is 7.85. The molecule has 4 aromatic rings. The highest BCUT2D eigenvalue weighted by Gasteiger charge is 2.43. The summed E-state index contributed by atoms with van der Waals surface area (Å²) in [5.74, 6) is 0.579. The maximum Gasteiger partial charge on any atom is 0.325 e. The number of hydrogen-bond donors (Lipinski definition) is 3. The predicted octanol–water partition coefficient (Wildman–Crippen LogP) is 8.85. The van der Waals surface area contributed by atoms with Gasteiger partial charge in [0, 0.05) is 6.97 Å². The highest BCUT2D eigenvalue weighted by molar-refractivity contribution is 5.81. The van der Waals surface area contributed by atoms with Crippen molar-refractivity contribution in [3.05, 3.63) is 143 Å². The van der Waals surface area contributed by atoms with Crippen LogP contribution in [0.15, 0.2) is 109 Å². The van der Waals surface area contributed by atoms with Crippen molar-refractivity contribution in [2.75, 3.05) is 13.7 Å². The minimum absolute atomic E-state index is 0. The molecule has 0 unspecified atom stereocenters. The first-order chi connectivity index (χ1) is 24.3. The number of rotatable bonds is 14. The van der Waals surface area contributed by atoms with Gasteiger partial charge < -0.3 is 21.3 Å². The summed E-state index contributed by atoms with van der Waals surface area (Å²) in [5, 5.41) is 9.41. The van der Waals surface area contributed by atoms with Crippen LogP contribution in [0.1, 0.15) is 111 Å². The van der Waals surface area contributed by atoms with Gasteiger partial charge in [-0.05, 0) is 135 Å². The Kier molecular flexibility index (Phi) is 13.8. The molecule has 4 aromatic carbocycles. The third kappa shape index (κ3) is 10.9. The second-order valence-electron chi connectivity index (χ2n) is 14.9. The van der Waals surface area contributed by atoms with Crippen LogP contribution in [0.25, 0.3) is 0 Å². The first-order valence-electron chi connectivity index (χ1n) is 18.8. The zero-order valence-electron chi connectivity index (χ0n) is 30.1. The molecule has 50 heavy (non-hydrogen) atoms. The van der Waals surface area contributed by atoms with E-state index in [1.54, 1.807) is 0 Å². The Morgan fingerprint density at radius 2 is 1.04 bits per heavy atom. The lowest BCUT2D eigenvalue weighted by molar-refractivity contribution is -0.146. The van der Waals surface area contributed by atoms with Crippen molar-refractivity contribution in [2.24, 2.45) is 11.5 Å². The van der Waals surface area contributed by atoms with Gasteiger partial charge >= 0.3 is 5.97 Å². The molecule has 0 radical (unpaired) electrons. The van der Waals surface area contributed by atoms with E-state index in [1.807, 2.05) is 0 Å². The summed E-state index contributed by atoms with van der Waals surface area (Å²) < 4.78 is 4.86. The number of methoxy groups -OCH3 is 1. The summed E-state index contributed by atoms with van der Waals surface area (Å²) in [7, 11) is 1.41. The number of carbonyl (C=O) groups is 1. The fourth-order valence-electron chi connectivity index (χ4n) is 7.85. The molecule has 0 amide bonds. The van der Waals surface area contributed by atoms with Crippen LogP contribution in [0.5, 0.6) is 0 Å². The zero-order chi connectivity index (χ0) is 35.2. The van der Waals surface area contributed by atoms with E-state index in [9.17, 15) is 9.90 Å². The van der Waals surface area contributed by atoms with Gasteiger partial charge in [-0.1, -0.05) is 109 Å². The highest BCUT2D eigenvalue weighted by Crippen LogP contribution is 2.41. The lowest BCUT2D eigenvalue weighted by atomic mass is 9.92. The highest BCUT2D eigenvalue weighted by atomic mass is 16.5. The van der Waals surface area contributed by atoms with E-state index in [-0.39, 0.29) is 19.5 Å². The molecule has 5 nitrogen and oxygen atoms in total. The Bertz CT molecular complexity index is 1580. The largest absolute Gasteiger partial charge is 0.468 e. The van der Waals surface area contributed by atoms with Gasteiger partial charge in [-0.25, -0.2) is 0 Å². The number of carbonyl (C=O) groups excluding carboxylic acids is 1. The second-order valence-corrected chi connectivity index (χ2v) is 14.9. The number of unbranched alkanes of at least 4 members (excludes halogenated alkanes) is 2. The van der Waals surface area contributed by atoms with Gasteiger partial charge in [0.1, 0.15) is 5.54 Å². The summed E-state index contributed by atoms with van der Waals surface area (Å²) in [6, 6.07) is 39.3. The molecule has 0 heterocycles. The van der Waals surface area contributed by atoms with E-state index in [2.05, 4.69) is 109 Å². The number of hydrogen-bond acceptors (Lipinski definition) is 5. The smallest absolute Gasteiger partial charge is 0.325 e. The van der Waals surface area contributed by atoms with E-state index in [4.69, 9.17) is 16.2 Å². The van der Waals surface area contributed by atoms with Crippen LogP contribution in [0.3, 0.4) is 0 Å². The van der Waals surface area contributed by atoms with Crippen LogP contribution in [0, 0.1) is 0 Å². The molecule has 0 bridgehead atoms. The number of benzene rings is 4. The van der Waals surface area contributed by atoms with Crippen molar-refractivity contribution in [3.63, 3.8) is 0 Å². The molecule has 2 fully saturated rings. The molecule has 5 N–H and O–H groups in total. The van der Waals surface area contributed by atoms with Crippen LogP contribution in [-0.2, 0) is 35.2 Å². The minimum atomic E-state index is -0.810. The third-order valence-corrected chi connectivity index (χ3v) is 11.0. The number of aliphatic hydroxyl groups excluding tert-OH is 1. The summed E-state index contributed by atoms with van der Waals surface area (Å²) in [5.41, 5.74) is 19.6. The van der Waals surface area contributed by atoms with Crippen molar-refractivity contribution >= 4 is 5.97 Å². The first kappa shape index (κ1) is 37.5. The average Bonchev–Trinajstić information content (AvgIpc) is 3.77.